The summed E-state index contributed by atoms with van der Waals surface area (Å²) in [4.78, 5) is 0. The molecule has 0 aromatic heterocycles. The first-order valence-electron chi connectivity index (χ1n) is 5.81. The molecular formula is C13H19O2P. The molecule has 2 nitrogen and oxygen atoms in total. The molecule has 1 aromatic carbocycles. The normalized spacial score (nSPS) is 30.6. The van der Waals surface area contributed by atoms with Crippen LogP contribution in [0.4, 0.5) is 0 Å². The molecule has 1 N–H and O–H groups in total. The van der Waals surface area contributed by atoms with Crippen LogP contribution >= 0.6 is 7.14 Å². The molecule has 0 amide bonds. The van der Waals surface area contributed by atoms with Gasteiger partial charge < -0.3 is 9.67 Å². The minimum atomic E-state index is -2.40. The summed E-state index contributed by atoms with van der Waals surface area (Å²) in [5.41, 5.74) is -0.926. The van der Waals surface area contributed by atoms with Gasteiger partial charge in [0, 0.05) is 17.1 Å². The van der Waals surface area contributed by atoms with E-state index >= 15 is 0 Å². The molecule has 1 aromatic rings. The van der Waals surface area contributed by atoms with Crippen molar-refractivity contribution in [1.82, 2.24) is 0 Å². The van der Waals surface area contributed by atoms with Crippen molar-refractivity contribution >= 4 is 12.4 Å². The molecule has 0 radical (unpaired) electrons. The fourth-order valence-corrected chi connectivity index (χ4v) is 6.62. The first-order valence-corrected chi connectivity index (χ1v) is 7.77. The summed E-state index contributed by atoms with van der Waals surface area (Å²) in [6, 6.07) is 9.66. The standard InChI is InChI=1S/C13H19O2P/c1-13(2,14)12-9-6-10-16(12,15)11-7-4-3-5-8-11/h3-5,7-8,12,14H,6,9-10H2,1-2H3/t12-,16-/m0/s1. The molecule has 0 bridgehead atoms. The van der Waals surface area contributed by atoms with Gasteiger partial charge >= 0.3 is 0 Å². The Morgan fingerprint density at radius 3 is 2.50 bits per heavy atom. The zero-order chi connectivity index (χ0) is 11.8. The van der Waals surface area contributed by atoms with Crippen LogP contribution in [-0.2, 0) is 4.57 Å². The maximum Gasteiger partial charge on any atom is 0.121 e. The van der Waals surface area contributed by atoms with Crippen LogP contribution < -0.4 is 5.30 Å². The quantitative estimate of drug-likeness (QED) is 0.804. The minimum Gasteiger partial charge on any atom is -0.390 e. The second-order valence-electron chi connectivity index (χ2n) is 5.17. The SMILES string of the molecule is CC(C)(O)[C@@H]1CCC[P@]1(=O)c1ccccc1. The fraction of sp³-hybridized carbons (Fsp3) is 0.538. The minimum absolute atomic E-state index is 0.0811. The highest BCUT2D eigenvalue weighted by molar-refractivity contribution is 7.72. The third-order valence-corrected chi connectivity index (χ3v) is 7.53. The maximum atomic E-state index is 13.0. The van der Waals surface area contributed by atoms with Crippen LogP contribution in [0, 0.1) is 0 Å². The fourth-order valence-electron chi connectivity index (χ4n) is 2.74. The van der Waals surface area contributed by atoms with Gasteiger partial charge in [0.2, 0.25) is 0 Å². The molecule has 88 valence electrons. The molecule has 1 fully saturated rings. The second kappa shape index (κ2) is 4.01. The van der Waals surface area contributed by atoms with Gasteiger partial charge in [-0.15, -0.1) is 0 Å². The zero-order valence-electron chi connectivity index (χ0n) is 9.89. The van der Waals surface area contributed by atoms with Gasteiger partial charge in [-0.05, 0) is 26.7 Å². The summed E-state index contributed by atoms with van der Waals surface area (Å²) in [5.74, 6) is 0. The monoisotopic (exact) mass is 238 g/mol. The van der Waals surface area contributed by atoms with Crippen LogP contribution in [0.2, 0.25) is 0 Å². The molecule has 0 saturated carbocycles. The van der Waals surface area contributed by atoms with E-state index in [0.29, 0.717) is 0 Å². The predicted octanol–water partition coefficient (Wildman–Crippen LogP) is 2.61. The van der Waals surface area contributed by atoms with Gasteiger partial charge in [-0.1, -0.05) is 30.3 Å². The average molecular weight is 238 g/mol. The Balaban J connectivity index is 2.42. The molecule has 1 saturated heterocycles. The number of rotatable bonds is 2. The predicted molar refractivity (Wildman–Crippen MR) is 67.9 cm³/mol. The highest BCUT2D eigenvalue weighted by Crippen LogP contribution is 2.60. The Labute approximate surface area is 97.1 Å². The molecule has 0 aliphatic carbocycles. The van der Waals surface area contributed by atoms with Crippen molar-refractivity contribution in [2.75, 3.05) is 6.16 Å². The van der Waals surface area contributed by atoms with Crippen molar-refractivity contribution in [2.24, 2.45) is 0 Å². The molecule has 2 atom stereocenters. The van der Waals surface area contributed by atoms with Crippen LogP contribution in [0.1, 0.15) is 26.7 Å². The summed E-state index contributed by atoms with van der Waals surface area (Å²) < 4.78 is 13.0. The Morgan fingerprint density at radius 1 is 1.31 bits per heavy atom. The number of aliphatic hydroxyl groups is 1. The number of benzene rings is 1. The number of hydrogen-bond acceptors (Lipinski definition) is 2. The highest BCUT2D eigenvalue weighted by atomic mass is 31.2. The lowest BCUT2D eigenvalue weighted by molar-refractivity contribution is 0.0744. The molecule has 3 heteroatoms. The smallest absolute Gasteiger partial charge is 0.121 e. The van der Waals surface area contributed by atoms with Crippen LogP contribution in [-0.4, -0.2) is 22.5 Å². The van der Waals surface area contributed by atoms with Gasteiger partial charge in [-0.3, -0.25) is 0 Å². The van der Waals surface area contributed by atoms with Gasteiger partial charge in [0.1, 0.15) is 7.14 Å². The van der Waals surface area contributed by atoms with Gasteiger partial charge in [-0.2, -0.15) is 0 Å². The van der Waals surface area contributed by atoms with Crippen molar-refractivity contribution in [3.8, 4) is 0 Å². The molecule has 0 spiro atoms. The molecular weight excluding hydrogens is 219 g/mol. The summed E-state index contributed by atoms with van der Waals surface area (Å²) in [7, 11) is -2.40. The van der Waals surface area contributed by atoms with Crippen LogP contribution in [0.15, 0.2) is 30.3 Å². The summed E-state index contributed by atoms with van der Waals surface area (Å²) in [6.45, 7) is 3.55. The summed E-state index contributed by atoms with van der Waals surface area (Å²) >= 11 is 0. The van der Waals surface area contributed by atoms with Gasteiger partial charge in [0.15, 0.2) is 0 Å². The lowest BCUT2D eigenvalue weighted by Gasteiger charge is -2.31. The van der Waals surface area contributed by atoms with Crippen molar-refractivity contribution in [2.45, 2.75) is 37.9 Å². The average Bonchev–Trinajstić information content (AvgIpc) is 2.63. The van der Waals surface area contributed by atoms with E-state index in [-0.39, 0.29) is 5.66 Å². The van der Waals surface area contributed by atoms with E-state index in [1.165, 1.54) is 0 Å². The Kier molecular flexibility index (Phi) is 2.98. The Morgan fingerprint density at radius 2 is 1.94 bits per heavy atom. The first-order chi connectivity index (χ1) is 7.44. The van der Waals surface area contributed by atoms with E-state index in [2.05, 4.69) is 0 Å². The topological polar surface area (TPSA) is 37.3 Å². The van der Waals surface area contributed by atoms with E-state index in [4.69, 9.17) is 0 Å². The molecule has 1 aliphatic rings. The van der Waals surface area contributed by atoms with E-state index in [1.807, 2.05) is 30.3 Å². The van der Waals surface area contributed by atoms with E-state index in [0.717, 1.165) is 24.3 Å². The molecule has 0 unspecified atom stereocenters. The van der Waals surface area contributed by atoms with Crippen LogP contribution in [0.5, 0.6) is 0 Å². The zero-order valence-corrected chi connectivity index (χ0v) is 10.8. The molecule has 1 aliphatic heterocycles. The van der Waals surface area contributed by atoms with Crippen LogP contribution in [0.25, 0.3) is 0 Å². The third-order valence-electron chi connectivity index (χ3n) is 3.48. The lowest BCUT2D eigenvalue weighted by Crippen LogP contribution is -2.36. The maximum absolute atomic E-state index is 13.0. The van der Waals surface area contributed by atoms with Gasteiger partial charge in [-0.25, -0.2) is 0 Å². The third kappa shape index (κ3) is 1.97. The molecule has 2 rings (SSSR count). The highest BCUT2D eigenvalue weighted by Gasteiger charge is 2.46. The van der Waals surface area contributed by atoms with E-state index < -0.39 is 12.7 Å². The van der Waals surface area contributed by atoms with Crippen molar-refractivity contribution in [3.63, 3.8) is 0 Å². The van der Waals surface area contributed by atoms with E-state index in [9.17, 15) is 9.67 Å². The second-order valence-corrected chi connectivity index (χ2v) is 8.34. The van der Waals surface area contributed by atoms with Crippen molar-refractivity contribution in [3.05, 3.63) is 30.3 Å². The largest absolute Gasteiger partial charge is 0.390 e. The first kappa shape index (κ1) is 11.9. The van der Waals surface area contributed by atoms with Crippen molar-refractivity contribution < 1.29 is 9.67 Å². The van der Waals surface area contributed by atoms with Gasteiger partial charge in [0.05, 0.1) is 5.60 Å². The number of hydrogen-bond donors (Lipinski definition) is 1. The summed E-state index contributed by atoms with van der Waals surface area (Å²) in [6.07, 6.45) is 2.57. The van der Waals surface area contributed by atoms with Crippen LogP contribution in [0.3, 0.4) is 0 Å². The van der Waals surface area contributed by atoms with Gasteiger partial charge in [0.25, 0.3) is 0 Å². The molecule has 16 heavy (non-hydrogen) atoms. The Bertz CT molecular complexity index is 406. The lowest BCUT2D eigenvalue weighted by atomic mass is 10.0. The molecule has 1 heterocycles. The van der Waals surface area contributed by atoms with Crippen molar-refractivity contribution in [1.29, 1.82) is 0 Å². The Hall–Kier alpha value is -0.590. The summed E-state index contributed by atoms with van der Waals surface area (Å²) in [5, 5.41) is 11.1. The van der Waals surface area contributed by atoms with E-state index in [1.54, 1.807) is 13.8 Å².